The first-order valence-electron chi connectivity index (χ1n) is 8.81. The molecule has 0 aliphatic rings. The van der Waals surface area contributed by atoms with Crippen molar-refractivity contribution in [3.63, 3.8) is 0 Å². The maximum absolute atomic E-state index is 14.3. The summed E-state index contributed by atoms with van der Waals surface area (Å²) in [4.78, 5) is 14.4. The minimum atomic E-state index is -0.838. The number of amides is 1. The average molecular weight is 392 g/mol. The molecule has 2 rings (SSSR count). The maximum Gasteiger partial charge on any atom is 0.258 e. The van der Waals surface area contributed by atoms with E-state index < -0.39 is 11.6 Å². The second-order valence-corrected chi connectivity index (χ2v) is 6.20. The van der Waals surface area contributed by atoms with E-state index in [1.165, 1.54) is 11.0 Å². The van der Waals surface area contributed by atoms with E-state index in [0.29, 0.717) is 12.1 Å². The quantitative estimate of drug-likeness (QED) is 0.534. The molecule has 0 saturated carbocycles. The largest absolute Gasteiger partial charge is 0.305 e. The third-order valence-corrected chi connectivity index (χ3v) is 4.38. The van der Waals surface area contributed by atoms with Crippen molar-refractivity contribution >= 4 is 11.6 Å². The van der Waals surface area contributed by atoms with E-state index >= 15 is 0 Å². The topological polar surface area (TPSA) is 20.3 Å². The van der Waals surface area contributed by atoms with Crippen LogP contribution in [0.4, 0.5) is 14.5 Å². The van der Waals surface area contributed by atoms with Crippen LogP contribution in [0.3, 0.4) is 0 Å². The SMILES string of the molecule is CCCCC(CC)CN(C(=O)c1ccccc1)c1ccc(F)[c]c1F.[Ti]. The zero-order chi connectivity index (χ0) is 18.2. The Balaban J connectivity index is 0.00000338. The van der Waals surface area contributed by atoms with Crippen molar-refractivity contribution in [2.75, 3.05) is 11.4 Å². The molecule has 2 aromatic rings. The van der Waals surface area contributed by atoms with E-state index in [-0.39, 0.29) is 39.2 Å². The molecule has 0 bridgehead atoms. The molecule has 2 aromatic carbocycles. The molecule has 26 heavy (non-hydrogen) atoms. The monoisotopic (exact) mass is 392 g/mol. The zero-order valence-electron chi connectivity index (χ0n) is 15.3. The summed E-state index contributed by atoms with van der Waals surface area (Å²) < 4.78 is 27.5. The Morgan fingerprint density at radius 3 is 2.38 bits per heavy atom. The molecular formula is C21H24F2NOTi. The zero-order valence-corrected chi connectivity index (χ0v) is 16.8. The third-order valence-electron chi connectivity index (χ3n) is 4.38. The van der Waals surface area contributed by atoms with E-state index in [4.69, 9.17) is 0 Å². The summed E-state index contributed by atoms with van der Waals surface area (Å²) >= 11 is 0. The van der Waals surface area contributed by atoms with E-state index in [1.807, 2.05) is 12.1 Å². The number of unbranched alkanes of at least 4 members (excludes halogenated alkanes) is 1. The number of rotatable bonds is 8. The van der Waals surface area contributed by atoms with E-state index in [2.05, 4.69) is 13.8 Å². The first-order chi connectivity index (χ1) is 12.1. The fourth-order valence-corrected chi connectivity index (χ4v) is 2.85. The molecule has 0 aliphatic heterocycles. The van der Waals surface area contributed by atoms with E-state index in [1.54, 1.807) is 24.3 Å². The van der Waals surface area contributed by atoms with Gasteiger partial charge in [-0.3, -0.25) is 4.79 Å². The van der Waals surface area contributed by atoms with Gasteiger partial charge >= 0.3 is 0 Å². The van der Waals surface area contributed by atoms with Gasteiger partial charge in [0.05, 0.1) is 11.8 Å². The van der Waals surface area contributed by atoms with Crippen molar-refractivity contribution in [1.82, 2.24) is 0 Å². The minimum Gasteiger partial charge on any atom is -0.305 e. The van der Waals surface area contributed by atoms with Gasteiger partial charge in [0.25, 0.3) is 5.91 Å². The maximum atomic E-state index is 14.3. The van der Waals surface area contributed by atoms with Crippen molar-refractivity contribution < 1.29 is 35.3 Å². The molecule has 0 N–H and O–H groups in total. The second kappa shape index (κ2) is 11.3. The summed E-state index contributed by atoms with van der Waals surface area (Å²) in [6.07, 6.45) is 3.99. The van der Waals surface area contributed by atoms with Crippen molar-refractivity contribution in [3.05, 3.63) is 65.7 Å². The molecule has 1 radical (unpaired) electrons. The number of nitrogens with zero attached hydrogens (tertiary/aromatic N) is 1. The fourth-order valence-electron chi connectivity index (χ4n) is 2.85. The van der Waals surface area contributed by atoms with Crippen LogP contribution in [0.25, 0.3) is 0 Å². The number of carbonyl (C=O) groups is 1. The van der Waals surface area contributed by atoms with E-state index in [9.17, 15) is 13.6 Å². The number of carbonyl (C=O) groups excluding carboxylic acids is 1. The van der Waals surface area contributed by atoms with Gasteiger partial charge in [0.2, 0.25) is 0 Å². The van der Waals surface area contributed by atoms with Crippen molar-refractivity contribution in [2.24, 2.45) is 5.92 Å². The van der Waals surface area contributed by atoms with Crippen LogP contribution in [0, 0.1) is 23.6 Å². The van der Waals surface area contributed by atoms with Crippen LogP contribution in [0.5, 0.6) is 0 Å². The number of hydrogen-bond acceptors (Lipinski definition) is 1. The van der Waals surface area contributed by atoms with Crippen molar-refractivity contribution in [1.29, 1.82) is 0 Å². The smallest absolute Gasteiger partial charge is 0.258 e. The van der Waals surface area contributed by atoms with Gasteiger partial charge in [0.1, 0.15) is 5.82 Å². The van der Waals surface area contributed by atoms with Crippen molar-refractivity contribution in [2.45, 2.75) is 39.5 Å². The molecular weight excluding hydrogens is 368 g/mol. The van der Waals surface area contributed by atoms with Crippen LogP contribution in [0.2, 0.25) is 0 Å². The molecule has 0 aromatic heterocycles. The van der Waals surface area contributed by atoms with Crippen LogP contribution < -0.4 is 4.90 Å². The Kier molecular flexibility index (Phi) is 9.75. The van der Waals surface area contributed by atoms with Crippen LogP contribution in [-0.4, -0.2) is 12.5 Å². The predicted octanol–water partition coefficient (Wildman–Crippen LogP) is 5.63. The van der Waals surface area contributed by atoms with Gasteiger partial charge in [-0.2, -0.15) is 0 Å². The summed E-state index contributed by atoms with van der Waals surface area (Å²) in [6.45, 7) is 4.59. The standard InChI is InChI=1S/C21H24F2NO.Ti/c1-3-5-9-16(4-2)15-24(20-13-12-18(22)14-19(20)23)21(25)17-10-7-6-8-11-17;/h6-8,10-13,16H,3-5,9,15H2,1-2H3;. The third kappa shape index (κ3) is 6.03. The Hall–Kier alpha value is -1.52. The number of hydrogen-bond donors (Lipinski definition) is 0. The van der Waals surface area contributed by atoms with Gasteiger partial charge in [-0.05, 0) is 36.6 Å². The van der Waals surface area contributed by atoms with Gasteiger partial charge in [-0.1, -0.05) is 51.3 Å². The van der Waals surface area contributed by atoms with Gasteiger partial charge in [0.15, 0.2) is 5.82 Å². The fraction of sp³-hybridized carbons (Fsp3) is 0.381. The first kappa shape index (κ1) is 22.5. The summed E-state index contributed by atoms with van der Waals surface area (Å²) in [6, 6.07) is 13.3. The summed E-state index contributed by atoms with van der Waals surface area (Å²) in [5.74, 6) is -1.63. The molecule has 1 amide bonds. The summed E-state index contributed by atoms with van der Waals surface area (Å²) in [5.41, 5.74) is 0.557. The predicted molar refractivity (Wildman–Crippen MR) is 96.6 cm³/mol. The molecule has 0 heterocycles. The number of benzene rings is 2. The Labute approximate surface area is 169 Å². The first-order valence-corrected chi connectivity index (χ1v) is 8.81. The van der Waals surface area contributed by atoms with Crippen LogP contribution in [-0.2, 0) is 21.7 Å². The van der Waals surface area contributed by atoms with E-state index in [0.717, 1.165) is 31.7 Å². The number of anilines is 1. The van der Waals surface area contributed by atoms with Crippen LogP contribution >= 0.6 is 0 Å². The average Bonchev–Trinajstić information content (AvgIpc) is 2.63. The molecule has 137 valence electrons. The van der Waals surface area contributed by atoms with Gasteiger partial charge in [-0.15, -0.1) is 0 Å². The summed E-state index contributed by atoms with van der Waals surface area (Å²) in [5, 5.41) is 0. The normalized spacial score (nSPS) is 11.5. The Bertz CT molecular complexity index is 694. The van der Waals surface area contributed by atoms with Gasteiger partial charge in [-0.25, -0.2) is 8.78 Å². The molecule has 2 nitrogen and oxygen atoms in total. The summed E-state index contributed by atoms with van der Waals surface area (Å²) in [7, 11) is 0. The Morgan fingerprint density at radius 2 is 1.81 bits per heavy atom. The molecule has 0 fully saturated rings. The molecule has 0 spiro atoms. The van der Waals surface area contributed by atoms with Gasteiger partial charge < -0.3 is 4.90 Å². The molecule has 0 saturated heterocycles. The number of halogens is 2. The van der Waals surface area contributed by atoms with Crippen LogP contribution in [0.1, 0.15) is 49.9 Å². The molecule has 5 heteroatoms. The molecule has 1 atom stereocenters. The molecule has 1 unspecified atom stereocenters. The van der Waals surface area contributed by atoms with Gasteiger partial charge in [0, 0.05) is 33.8 Å². The Morgan fingerprint density at radius 1 is 1.12 bits per heavy atom. The second-order valence-electron chi connectivity index (χ2n) is 6.20. The van der Waals surface area contributed by atoms with Crippen molar-refractivity contribution in [3.8, 4) is 0 Å². The van der Waals surface area contributed by atoms with Crippen LogP contribution in [0.15, 0.2) is 42.5 Å². The molecule has 0 aliphatic carbocycles. The minimum absolute atomic E-state index is 0.